The van der Waals surface area contributed by atoms with E-state index >= 15 is 0 Å². The Morgan fingerprint density at radius 2 is 2.13 bits per heavy atom. The van der Waals surface area contributed by atoms with E-state index in [-0.39, 0.29) is 5.91 Å². The third-order valence-corrected chi connectivity index (χ3v) is 4.16. The molecule has 1 aliphatic heterocycles. The van der Waals surface area contributed by atoms with Crippen LogP contribution in [0.25, 0.3) is 0 Å². The molecule has 0 bridgehead atoms. The van der Waals surface area contributed by atoms with Gasteiger partial charge >= 0.3 is 0 Å². The first kappa shape index (κ1) is 17.8. The number of rotatable bonds is 8. The minimum absolute atomic E-state index is 0.0916. The number of hydrogen-bond donors (Lipinski definition) is 2. The molecule has 0 unspecified atom stereocenters. The zero-order chi connectivity index (χ0) is 16.5. The molecular formula is C18H29N3O2. The average molecular weight is 319 g/mol. The van der Waals surface area contributed by atoms with Crippen LogP contribution in [0.3, 0.4) is 0 Å². The van der Waals surface area contributed by atoms with E-state index in [4.69, 9.17) is 4.74 Å². The standard InChI is InChI=1S/C18H29N3O2/c1-21(2)12-13-23-17-5-3-4-16(14-17)20-18(22)7-6-15-8-10-19-11-9-15/h3-5,14-15,19H,6-13H2,1-2H3,(H,20,22). The molecule has 2 rings (SSSR count). The second-order valence-electron chi connectivity index (χ2n) is 6.46. The quantitative estimate of drug-likeness (QED) is 0.772. The van der Waals surface area contributed by atoms with Crippen molar-refractivity contribution in [2.45, 2.75) is 25.7 Å². The van der Waals surface area contributed by atoms with Crippen molar-refractivity contribution in [1.82, 2.24) is 10.2 Å². The van der Waals surface area contributed by atoms with Crippen molar-refractivity contribution in [2.75, 3.05) is 45.7 Å². The zero-order valence-corrected chi connectivity index (χ0v) is 14.3. The molecule has 1 aromatic carbocycles. The molecule has 0 spiro atoms. The van der Waals surface area contributed by atoms with E-state index in [9.17, 15) is 4.79 Å². The molecule has 128 valence electrons. The topological polar surface area (TPSA) is 53.6 Å². The van der Waals surface area contributed by atoms with E-state index in [0.29, 0.717) is 18.9 Å². The van der Waals surface area contributed by atoms with Gasteiger partial charge in [0.25, 0.3) is 0 Å². The van der Waals surface area contributed by atoms with Crippen LogP contribution in [0.15, 0.2) is 24.3 Å². The molecule has 1 amide bonds. The number of amides is 1. The van der Waals surface area contributed by atoms with Gasteiger partial charge in [-0.1, -0.05) is 6.07 Å². The SMILES string of the molecule is CN(C)CCOc1cccc(NC(=O)CCC2CCNCC2)c1. The van der Waals surface area contributed by atoms with Gasteiger partial charge in [0.15, 0.2) is 0 Å². The van der Waals surface area contributed by atoms with E-state index in [1.807, 2.05) is 38.4 Å². The highest BCUT2D eigenvalue weighted by Crippen LogP contribution is 2.20. The van der Waals surface area contributed by atoms with E-state index in [1.54, 1.807) is 0 Å². The van der Waals surface area contributed by atoms with Gasteiger partial charge in [-0.05, 0) is 64.5 Å². The molecular weight excluding hydrogens is 290 g/mol. The Labute approximate surface area is 139 Å². The number of hydrogen-bond acceptors (Lipinski definition) is 4. The van der Waals surface area contributed by atoms with Gasteiger partial charge in [-0.15, -0.1) is 0 Å². The molecule has 5 heteroatoms. The smallest absolute Gasteiger partial charge is 0.224 e. The first-order valence-corrected chi connectivity index (χ1v) is 8.51. The summed E-state index contributed by atoms with van der Waals surface area (Å²) in [5.74, 6) is 1.57. The first-order chi connectivity index (χ1) is 11.1. The summed E-state index contributed by atoms with van der Waals surface area (Å²) in [4.78, 5) is 14.2. The van der Waals surface area contributed by atoms with Gasteiger partial charge < -0.3 is 20.3 Å². The highest BCUT2D eigenvalue weighted by molar-refractivity contribution is 5.90. The van der Waals surface area contributed by atoms with Crippen molar-refractivity contribution in [3.8, 4) is 5.75 Å². The Kier molecular flexibility index (Phi) is 7.36. The maximum absolute atomic E-state index is 12.1. The van der Waals surface area contributed by atoms with Gasteiger partial charge in [0, 0.05) is 24.7 Å². The molecule has 0 aromatic heterocycles. The third kappa shape index (κ3) is 7.01. The summed E-state index contributed by atoms with van der Waals surface area (Å²) in [6, 6.07) is 7.62. The minimum Gasteiger partial charge on any atom is -0.492 e. The van der Waals surface area contributed by atoms with E-state index in [2.05, 4.69) is 15.5 Å². The number of carbonyl (C=O) groups excluding carboxylic acids is 1. The highest BCUT2D eigenvalue weighted by Gasteiger charge is 2.14. The lowest BCUT2D eigenvalue weighted by molar-refractivity contribution is -0.116. The van der Waals surface area contributed by atoms with Crippen LogP contribution < -0.4 is 15.4 Å². The van der Waals surface area contributed by atoms with E-state index in [1.165, 1.54) is 12.8 Å². The lowest BCUT2D eigenvalue weighted by atomic mass is 9.93. The first-order valence-electron chi connectivity index (χ1n) is 8.51. The van der Waals surface area contributed by atoms with Crippen molar-refractivity contribution in [2.24, 2.45) is 5.92 Å². The second-order valence-corrected chi connectivity index (χ2v) is 6.46. The molecule has 1 aliphatic rings. The van der Waals surface area contributed by atoms with Crippen molar-refractivity contribution in [3.05, 3.63) is 24.3 Å². The molecule has 5 nitrogen and oxygen atoms in total. The summed E-state index contributed by atoms with van der Waals surface area (Å²) in [7, 11) is 4.03. The minimum atomic E-state index is 0.0916. The fourth-order valence-corrected chi connectivity index (χ4v) is 2.74. The Hall–Kier alpha value is -1.59. The summed E-state index contributed by atoms with van der Waals surface area (Å²) in [6.07, 6.45) is 3.94. The number of anilines is 1. The predicted molar refractivity (Wildman–Crippen MR) is 93.9 cm³/mol. The second kappa shape index (κ2) is 9.53. The summed E-state index contributed by atoms with van der Waals surface area (Å²) >= 11 is 0. The van der Waals surface area contributed by atoms with E-state index in [0.717, 1.165) is 37.5 Å². The summed E-state index contributed by atoms with van der Waals surface area (Å²) < 4.78 is 5.69. The lowest BCUT2D eigenvalue weighted by Crippen LogP contribution is -2.28. The Bertz CT molecular complexity index is 485. The number of likely N-dealkylation sites (N-methyl/N-ethyl adjacent to an activating group) is 1. The number of carbonyl (C=O) groups is 1. The monoisotopic (exact) mass is 319 g/mol. The molecule has 23 heavy (non-hydrogen) atoms. The van der Waals surface area contributed by atoms with Crippen LogP contribution in [0.5, 0.6) is 5.75 Å². The number of piperidine rings is 1. The maximum atomic E-state index is 12.1. The van der Waals surface area contributed by atoms with Gasteiger partial charge in [-0.25, -0.2) is 0 Å². The van der Waals surface area contributed by atoms with Crippen LogP contribution >= 0.6 is 0 Å². The normalized spacial score (nSPS) is 15.6. The van der Waals surface area contributed by atoms with Gasteiger partial charge in [-0.2, -0.15) is 0 Å². The largest absolute Gasteiger partial charge is 0.492 e. The van der Waals surface area contributed by atoms with Crippen molar-refractivity contribution in [1.29, 1.82) is 0 Å². The number of nitrogens with zero attached hydrogens (tertiary/aromatic N) is 1. The molecule has 1 aromatic rings. The Morgan fingerprint density at radius 1 is 1.35 bits per heavy atom. The molecule has 0 radical (unpaired) electrons. The van der Waals surface area contributed by atoms with Crippen LogP contribution in [0.1, 0.15) is 25.7 Å². The highest BCUT2D eigenvalue weighted by atomic mass is 16.5. The number of benzene rings is 1. The Balaban J connectivity index is 1.74. The maximum Gasteiger partial charge on any atom is 0.224 e. The Morgan fingerprint density at radius 3 is 2.87 bits per heavy atom. The zero-order valence-electron chi connectivity index (χ0n) is 14.3. The van der Waals surface area contributed by atoms with Crippen LogP contribution in [0, 0.1) is 5.92 Å². The molecule has 1 saturated heterocycles. The van der Waals surface area contributed by atoms with Gasteiger partial charge in [-0.3, -0.25) is 4.79 Å². The van der Waals surface area contributed by atoms with Crippen LogP contribution in [-0.4, -0.2) is 51.1 Å². The predicted octanol–water partition coefficient (Wildman–Crippen LogP) is 2.35. The molecule has 1 fully saturated rings. The van der Waals surface area contributed by atoms with Crippen LogP contribution in [-0.2, 0) is 4.79 Å². The number of nitrogens with one attached hydrogen (secondary N) is 2. The molecule has 0 saturated carbocycles. The average Bonchev–Trinajstić information content (AvgIpc) is 2.54. The van der Waals surface area contributed by atoms with E-state index < -0.39 is 0 Å². The van der Waals surface area contributed by atoms with Gasteiger partial charge in [0.2, 0.25) is 5.91 Å². The fraction of sp³-hybridized carbons (Fsp3) is 0.611. The van der Waals surface area contributed by atoms with Gasteiger partial charge in [0.05, 0.1) is 0 Å². The molecule has 0 aliphatic carbocycles. The lowest BCUT2D eigenvalue weighted by Gasteiger charge is -2.22. The van der Waals surface area contributed by atoms with Gasteiger partial charge in [0.1, 0.15) is 12.4 Å². The summed E-state index contributed by atoms with van der Waals surface area (Å²) in [5.41, 5.74) is 0.808. The van der Waals surface area contributed by atoms with Crippen molar-refractivity contribution in [3.63, 3.8) is 0 Å². The van der Waals surface area contributed by atoms with Crippen molar-refractivity contribution >= 4 is 11.6 Å². The summed E-state index contributed by atoms with van der Waals surface area (Å²) in [6.45, 7) is 3.67. The van der Waals surface area contributed by atoms with Crippen LogP contribution in [0.2, 0.25) is 0 Å². The summed E-state index contributed by atoms with van der Waals surface area (Å²) in [5, 5.41) is 6.33. The van der Waals surface area contributed by atoms with Crippen LogP contribution in [0.4, 0.5) is 5.69 Å². The number of ether oxygens (including phenoxy) is 1. The third-order valence-electron chi connectivity index (χ3n) is 4.16. The molecule has 2 N–H and O–H groups in total. The fourth-order valence-electron chi connectivity index (χ4n) is 2.74. The molecule has 1 heterocycles. The van der Waals surface area contributed by atoms with Crippen molar-refractivity contribution < 1.29 is 9.53 Å². The molecule has 0 atom stereocenters.